The highest BCUT2D eigenvalue weighted by atomic mass is 32.2. The first-order valence-electron chi connectivity index (χ1n) is 9.68. The van der Waals surface area contributed by atoms with Gasteiger partial charge in [-0.2, -0.15) is 9.36 Å². The van der Waals surface area contributed by atoms with E-state index in [1.807, 2.05) is 0 Å². The zero-order valence-electron chi connectivity index (χ0n) is 16.8. The summed E-state index contributed by atoms with van der Waals surface area (Å²) in [6.07, 6.45) is -0.213. The molecule has 2 atom stereocenters. The molecular formula is C18H20F4N6O2S2. The number of imidazole rings is 1. The standard InChI is InChI=1S/C18H20F4N6O2S2/c1-10-7-27(9-12(18(10,21)22)4-5-32(23,29)30)17-25-16(26-31-17)13-6-24-14-3-2-11(15(19)20)8-28(13)14/h2-3,6,8,10,12,15H,4-5,7,9H2,1H3,(H2,23,29,30)/t10-,12-/m0/s1. The fraction of sp³-hybridized carbons (Fsp3) is 0.500. The lowest BCUT2D eigenvalue weighted by Crippen LogP contribution is -2.53. The van der Waals surface area contributed by atoms with E-state index in [4.69, 9.17) is 5.14 Å². The van der Waals surface area contributed by atoms with Crippen LogP contribution in [0.4, 0.5) is 22.7 Å². The number of pyridine rings is 1. The molecule has 32 heavy (non-hydrogen) atoms. The van der Waals surface area contributed by atoms with Crippen LogP contribution in [0.25, 0.3) is 17.2 Å². The van der Waals surface area contributed by atoms with Crippen molar-refractivity contribution in [1.29, 1.82) is 0 Å². The van der Waals surface area contributed by atoms with E-state index in [0.29, 0.717) is 16.5 Å². The van der Waals surface area contributed by atoms with E-state index in [0.717, 1.165) is 11.5 Å². The quantitative estimate of drug-likeness (QED) is 0.530. The summed E-state index contributed by atoms with van der Waals surface area (Å²) in [6, 6.07) is 2.75. The van der Waals surface area contributed by atoms with Crippen LogP contribution in [0, 0.1) is 11.8 Å². The Bertz CT molecular complexity index is 1230. The Balaban J connectivity index is 1.60. The van der Waals surface area contributed by atoms with Crippen molar-refractivity contribution in [3.8, 4) is 11.5 Å². The van der Waals surface area contributed by atoms with Gasteiger partial charge in [0, 0.05) is 48.2 Å². The number of piperidine rings is 1. The van der Waals surface area contributed by atoms with E-state index in [-0.39, 0.29) is 30.9 Å². The molecule has 2 N–H and O–H groups in total. The monoisotopic (exact) mass is 492 g/mol. The van der Waals surface area contributed by atoms with Crippen LogP contribution in [0.3, 0.4) is 0 Å². The van der Waals surface area contributed by atoms with Crippen LogP contribution in [-0.4, -0.2) is 51.9 Å². The summed E-state index contributed by atoms with van der Waals surface area (Å²) in [6.45, 7) is 1.30. The van der Waals surface area contributed by atoms with Crippen LogP contribution in [0.5, 0.6) is 0 Å². The van der Waals surface area contributed by atoms with Gasteiger partial charge in [0.1, 0.15) is 11.3 Å². The first-order valence-corrected chi connectivity index (χ1v) is 12.2. The van der Waals surface area contributed by atoms with Crippen molar-refractivity contribution in [1.82, 2.24) is 18.7 Å². The van der Waals surface area contributed by atoms with Crippen LogP contribution >= 0.6 is 11.5 Å². The minimum Gasteiger partial charge on any atom is -0.346 e. The van der Waals surface area contributed by atoms with Crippen molar-refractivity contribution < 1.29 is 26.0 Å². The van der Waals surface area contributed by atoms with E-state index in [1.165, 1.54) is 35.9 Å². The van der Waals surface area contributed by atoms with Crippen molar-refractivity contribution >= 4 is 32.3 Å². The summed E-state index contributed by atoms with van der Waals surface area (Å²) in [5.74, 6) is -5.62. The number of nitrogens with two attached hydrogens (primary N) is 1. The van der Waals surface area contributed by atoms with E-state index in [1.54, 1.807) is 4.90 Å². The topological polar surface area (TPSA) is 106 Å². The Labute approximate surface area is 185 Å². The van der Waals surface area contributed by atoms with E-state index < -0.39 is 40.0 Å². The summed E-state index contributed by atoms with van der Waals surface area (Å²) < 4.78 is 83.7. The molecule has 174 valence electrons. The van der Waals surface area contributed by atoms with Gasteiger partial charge < -0.3 is 4.90 Å². The molecule has 1 aliphatic rings. The Morgan fingerprint density at radius 1 is 1.31 bits per heavy atom. The average molecular weight is 493 g/mol. The molecule has 14 heteroatoms. The molecule has 0 aromatic carbocycles. The van der Waals surface area contributed by atoms with Gasteiger partial charge in [-0.15, -0.1) is 0 Å². The van der Waals surface area contributed by atoms with Crippen molar-refractivity contribution in [2.24, 2.45) is 17.0 Å². The van der Waals surface area contributed by atoms with Crippen molar-refractivity contribution in [3.63, 3.8) is 0 Å². The van der Waals surface area contributed by atoms with E-state index >= 15 is 0 Å². The Hall–Kier alpha value is -2.32. The number of halogens is 4. The number of rotatable bonds is 6. The molecule has 3 aromatic heterocycles. The number of aromatic nitrogens is 4. The average Bonchev–Trinajstić information content (AvgIpc) is 3.34. The molecule has 3 aromatic rings. The molecule has 0 radical (unpaired) electrons. The predicted molar refractivity (Wildman–Crippen MR) is 111 cm³/mol. The molecule has 1 aliphatic heterocycles. The fourth-order valence-electron chi connectivity index (χ4n) is 3.80. The SMILES string of the molecule is C[C@H]1CN(c2nc(-c3cnc4ccc(C(F)F)cn34)ns2)C[C@H](CCS(N)(=O)=O)C1(F)F. The highest BCUT2D eigenvalue weighted by molar-refractivity contribution is 7.89. The van der Waals surface area contributed by atoms with Crippen LogP contribution in [0.15, 0.2) is 24.5 Å². The van der Waals surface area contributed by atoms with E-state index in [2.05, 4.69) is 14.3 Å². The Morgan fingerprint density at radius 3 is 2.75 bits per heavy atom. The van der Waals surface area contributed by atoms with Gasteiger partial charge in [0.2, 0.25) is 15.2 Å². The third-order valence-electron chi connectivity index (χ3n) is 5.58. The van der Waals surface area contributed by atoms with Crippen LogP contribution in [0.1, 0.15) is 25.3 Å². The zero-order chi connectivity index (χ0) is 23.3. The molecule has 1 fully saturated rings. The number of alkyl halides is 4. The summed E-state index contributed by atoms with van der Waals surface area (Å²) in [5, 5.41) is 5.37. The number of anilines is 1. The fourth-order valence-corrected chi connectivity index (χ4v) is 5.11. The van der Waals surface area contributed by atoms with Crippen molar-refractivity contribution in [2.75, 3.05) is 23.7 Å². The van der Waals surface area contributed by atoms with Crippen molar-refractivity contribution in [3.05, 3.63) is 30.1 Å². The summed E-state index contributed by atoms with van der Waals surface area (Å²) in [4.78, 5) is 10.2. The normalized spacial score (nSPS) is 21.5. The molecule has 0 saturated carbocycles. The molecule has 4 heterocycles. The lowest BCUT2D eigenvalue weighted by Gasteiger charge is -2.42. The summed E-state index contributed by atoms with van der Waals surface area (Å²) in [7, 11) is -3.87. The molecule has 4 rings (SSSR count). The Kier molecular flexibility index (Phi) is 5.88. The Morgan fingerprint density at radius 2 is 2.06 bits per heavy atom. The van der Waals surface area contributed by atoms with Gasteiger partial charge in [-0.25, -0.2) is 36.1 Å². The maximum Gasteiger partial charge on any atom is 0.265 e. The van der Waals surface area contributed by atoms with Gasteiger partial charge >= 0.3 is 0 Å². The van der Waals surface area contributed by atoms with Gasteiger partial charge in [-0.3, -0.25) is 4.40 Å². The first-order chi connectivity index (χ1) is 15.0. The minimum absolute atomic E-state index is 0.0101. The van der Waals surface area contributed by atoms with Crippen molar-refractivity contribution in [2.45, 2.75) is 25.7 Å². The van der Waals surface area contributed by atoms with Gasteiger partial charge in [0.05, 0.1) is 11.9 Å². The minimum atomic E-state index is -3.87. The van der Waals surface area contributed by atoms with Gasteiger partial charge in [0.15, 0.2) is 5.82 Å². The third-order valence-corrected chi connectivity index (χ3v) is 7.16. The summed E-state index contributed by atoms with van der Waals surface area (Å²) in [5.41, 5.74) is 0.651. The second-order valence-electron chi connectivity index (χ2n) is 7.87. The molecule has 8 nitrogen and oxygen atoms in total. The van der Waals surface area contributed by atoms with E-state index in [9.17, 15) is 26.0 Å². The highest BCUT2D eigenvalue weighted by Crippen LogP contribution is 2.41. The van der Waals surface area contributed by atoms with Gasteiger partial charge in [0.25, 0.3) is 12.3 Å². The van der Waals surface area contributed by atoms with Gasteiger partial charge in [-0.05, 0) is 18.6 Å². The smallest absolute Gasteiger partial charge is 0.265 e. The van der Waals surface area contributed by atoms with Crippen LogP contribution < -0.4 is 10.0 Å². The first kappa shape index (κ1) is 22.9. The molecule has 0 unspecified atom stereocenters. The number of primary sulfonamides is 1. The number of hydrogen-bond donors (Lipinski definition) is 1. The maximum atomic E-state index is 14.7. The molecular weight excluding hydrogens is 472 g/mol. The zero-order valence-corrected chi connectivity index (χ0v) is 18.5. The maximum absolute atomic E-state index is 14.7. The summed E-state index contributed by atoms with van der Waals surface area (Å²) >= 11 is 0.989. The second-order valence-corrected chi connectivity index (χ2v) is 10.3. The molecule has 0 aliphatic carbocycles. The van der Waals surface area contributed by atoms with Gasteiger partial charge in [-0.1, -0.05) is 6.92 Å². The predicted octanol–water partition coefficient (Wildman–Crippen LogP) is 3.18. The molecule has 0 spiro atoms. The van der Waals surface area contributed by atoms with Crippen LogP contribution in [-0.2, 0) is 10.0 Å². The number of nitrogens with zero attached hydrogens (tertiary/aromatic N) is 5. The largest absolute Gasteiger partial charge is 0.346 e. The number of sulfonamides is 1. The molecule has 0 amide bonds. The lowest BCUT2D eigenvalue weighted by molar-refractivity contribution is -0.111. The second kappa shape index (κ2) is 8.23. The number of hydrogen-bond acceptors (Lipinski definition) is 7. The molecule has 0 bridgehead atoms. The molecule has 1 saturated heterocycles. The highest BCUT2D eigenvalue weighted by Gasteiger charge is 2.49. The third kappa shape index (κ3) is 4.43. The lowest BCUT2D eigenvalue weighted by atomic mass is 9.84. The number of fused-ring (bicyclic) bond motifs is 1. The van der Waals surface area contributed by atoms with Crippen LogP contribution in [0.2, 0.25) is 0 Å².